The number of carbonyl (C=O) groups is 2. The fourth-order valence-corrected chi connectivity index (χ4v) is 4.24. The monoisotopic (exact) mass is 421 g/mol. The Labute approximate surface area is 175 Å². The minimum absolute atomic E-state index is 0.0157. The highest BCUT2D eigenvalue weighted by molar-refractivity contribution is 7.14. The predicted octanol–water partition coefficient (Wildman–Crippen LogP) is 2.94. The second-order valence-corrected chi connectivity index (χ2v) is 7.50. The normalized spacial score (nSPS) is 19.9. The first-order valence-corrected chi connectivity index (χ1v) is 10.0. The molecular weight excluding hydrogens is 406 g/mol. The van der Waals surface area contributed by atoms with Gasteiger partial charge in [0.05, 0.1) is 11.6 Å². The number of Topliss-reactive ketones (excluding diaryl/α,β-unsaturated/α-hetero) is 1. The fourth-order valence-electron chi connectivity index (χ4n) is 3.57. The lowest BCUT2D eigenvalue weighted by Crippen LogP contribution is -2.29. The second-order valence-electron chi connectivity index (χ2n) is 6.62. The molecule has 2 aromatic heterocycles. The van der Waals surface area contributed by atoms with Gasteiger partial charge in [-0.15, -0.1) is 11.3 Å². The number of benzene rings is 1. The Kier molecular flexibility index (Phi) is 4.44. The van der Waals surface area contributed by atoms with Gasteiger partial charge in [0.1, 0.15) is 19.0 Å². The smallest absolute Gasteiger partial charge is 0.301 e. The minimum Gasteiger partial charge on any atom is -0.507 e. The number of thiazole rings is 1. The number of rotatable bonds is 3. The number of pyridine rings is 1. The molecule has 1 saturated heterocycles. The molecule has 1 fully saturated rings. The van der Waals surface area contributed by atoms with Crippen LogP contribution in [0.15, 0.2) is 59.9 Å². The Morgan fingerprint density at radius 1 is 1.07 bits per heavy atom. The molecule has 3 aromatic rings. The van der Waals surface area contributed by atoms with E-state index in [0.717, 1.165) is 0 Å². The summed E-state index contributed by atoms with van der Waals surface area (Å²) in [6, 6.07) is 7.48. The van der Waals surface area contributed by atoms with Crippen molar-refractivity contribution < 1.29 is 24.2 Å². The Balaban J connectivity index is 1.68. The van der Waals surface area contributed by atoms with E-state index in [1.807, 2.05) is 0 Å². The summed E-state index contributed by atoms with van der Waals surface area (Å²) in [5, 5.41) is 13.2. The van der Waals surface area contributed by atoms with Crippen LogP contribution in [-0.4, -0.2) is 40.0 Å². The number of anilines is 1. The summed E-state index contributed by atoms with van der Waals surface area (Å²) in [7, 11) is 0. The van der Waals surface area contributed by atoms with Crippen molar-refractivity contribution in [1.82, 2.24) is 9.97 Å². The van der Waals surface area contributed by atoms with Crippen LogP contribution in [0.5, 0.6) is 11.5 Å². The molecule has 1 amide bonds. The van der Waals surface area contributed by atoms with E-state index in [-0.39, 0.29) is 11.3 Å². The van der Waals surface area contributed by atoms with Crippen molar-refractivity contribution in [2.45, 2.75) is 6.04 Å². The van der Waals surface area contributed by atoms with Crippen LogP contribution in [-0.2, 0) is 9.59 Å². The molecule has 0 spiro atoms. The average molecular weight is 421 g/mol. The molecule has 1 unspecified atom stereocenters. The highest BCUT2D eigenvalue weighted by Gasteiger charge is 2.48. The SMILES string of the molecule is O=C1C(=O)N(c2nccs2)C(c2ccncc2)/C1=C(\O)c1ccc2c(c1)OCCO2. The predicted molar refractivity (Wildman–Crippen MR) is 109 cm³/mol. The zero-order chi connectivity index (χ0) is 20.7. The van der Waals surface area contributed by atoms with Gasteiger partial charge >= 0.3 is 5.91 Å². The zero-order valence-corrected chi connectivity index (χ0v) is 16.3. The molecule has 0 radical (unpaired) electrons. The van der Waals surface area contributed by atoms with Crippen molar-refractivity contribution in [2.75, 3.05) is 18.1 Å². The van der Waals surface area contributed by atoms with E-state index >= 15 is 0 Å². The minimum atomic E-state index is -0.827. The fraction of sp³-hybridized carbons (Fsp3) is 0.143. The Hall–Kier alpha value is -3.72. The quantitative estimate of drug-likeness (QED) is 0.394. The summed E-state index contributed by atoms with van der Waals surface area (Å²) in [4.78, 5) is 35.4. The average Bonchev–Trinajstić information content (AvgIpc) is 3.40. The number of ether oxygens (including phenoxy) is 2. The van der Waals surface area contributed by atoms with Crippen molar-refractivity contribution in [1.29, 1.82) is 0 Å². The number of amides is 1. The van der Waals surface area contributed by atoms with E-state index in [9.17, 15) is 14.7 Å². The molecule has 1 aromatic carbocycles. The van der Waals surface area contributed by atoms with Crippen LogP contribution in [0.1, 0.15) is 17.2 Å². The zero-order valence-electron chi connectivity index (χ0n) is 15.5. The molecule has 9 heteroatoms. The maximum Gasteiger partial charge on any atom is 0.301 e. The topological polar surface area (TPSA) is 102 Å². The highest BCUT2D eigenvalue weighted by atomic mass is 32.1. The van der Waals surface area contributed by atoms with Gasteiger partial charge in [0.15, 0.2) is 16.6 Å². The van der Waals surface area contributed by atoms with Crippen molar-refractivity contribution in [3.8, 4) is 11.5 Å². The summed E-state index contributed by atoms with van der Waals surface area (Å²) < 4.78 is 11.1. The van der Waals surface area contributed by atoms with E-state index in [2.05, 4.69) is 9.97 Å². The third kappa shape index (κ3) is 2.91. The van der Waals surface area contributed by atoms with Crippen molar-refractivity contribution in [2.24, 2.45) is 0 Å². The lowest BCUT2D eigenvalue weighted by atomic mass is 9.96. The lowest BCUT2D eigenvalue weighted by molar-refractivity contribution is -0.132. The standard InChI is InChI=1S/C21H15N3O5S/c25-18(13-1-2-14-15(11-13)29-9-8-28-14)16-17(12-3-5-22-6-4-12)24(20(27)19(16)26)21-23-7-10-30-21/h1-7,10-11,17,25H,8-9H2/b18-16+. The number of carbonyl (C=O) groups excluding carboxylic acids is 2. The summed E-state index contributed by atoms with van der Waals surface area (Å²) in [6.07, 6.45) is 4.70. The molecule has 0 aliphatic carbocycles. The summed E-state index contributed by atoms with van der Waals surface area (Å²) in [5.74, 6) is -0.775. The highest BCUT2D eigenvalue weighted by Crippen LogP contribution is 2.43. The van der Waals surface area contributed by atoms with E-state index in [4.69, 9.17) is 9.47 Å². The molecule has 0 saturated carbocycles. The maximum absolute atomic E-state index is 13.0. The number of aliphatic hydroxyl groups is 1. The summed E-state index contributed by atoms with van der Waals surface area (Å²) >= 11 is 1.24. The van der Waals surface area contributed by atoms with Crippen LogP contribution in [0, 0.1) is 0 Å². The van der Waals surface area contributed by atoms with Gasteiger partial charge in [0.25, 0.3) is 5.78 Å². The summed E-state index contributed by atoms with van der Waals surface area (Å²) in [5.41, 5.74) is 0.979. The van der Waals surface area contributed by atoms with E-state index in [1.165, 1.54) is 16.2 Å². The van der Waals surface area contributed by atoms with Crippen LogP contribution >= 0.6 is 11.3 Å². The van der Waals surface area contributed by atoms with Gasteiger partial charge in [-0.05, 0) is 35.9 Å². The Morgan fingerprint density at radius 2 is 1.83 bits per heavy atom. The van der Waals surface area contributed by atoms with Gasteiger partial charge in [-0.1, -0.05) is 0 Å². The number of ketones is 1. The lowest BCUT2D eigenvalue weighted by Gasteiger charge is -2.23. The molecule has 150 valence electrons. The van der Waals surface area contributed by atoms with Gasteiger partial charge in [0, 0.05) is 29.5 Å². The van der Waals surface area contributed by atoms with Crippen molar-refractivity contribution in [3.05, 3.63) is 71.0 Å². The number of hydrogen-bond donors (Lipinski definition) is 1. The molecule has 8 nitrogen and oxygen atoms in total. The van der Waals surface area contributed by atoms with E-state index < -0.39 is 17.7 Å². The molecule has 2 aliphatic heterocycles. The molecule has 1 N–H and O–H groups in total. The number of fused-ring (bicyclic) bond motifs is 1. The largest absolute Gasteiger partial charge is 0.507 e. The molecule has 4 heterocycles. The van der Waals surface area contributed by atoms with Gasteiger partial charge in [-0.3, -0.25) is 19.5 Å². The van der Waals surface area contributed by atoms with E-state index in [1.54, 1.807) is 54.3 Å². The summed E-state index contributed by atoms with van der Waals surface area (Å²) in [6.45, 7) is 0.835. The molecule has 5 rings (SSSR count). The Bertz CT molecular complexity index is 1160. The Morgan fingerprint density at radius 3 is 2.57 bits per heavy atom. The van der Waals surface area contributed by atoms with Gasteiger partial charge in [-0.25, -0.2) is 4.98 Å². The molecule has 0 bridgehead atoms. The van der Waals surface area contributed by atoms with Gasteiger partial charge in [-0.2, -0.15) is 0 Å². The van der Waals surface area contributed by atoms with E-state index in [0.29, 0.717) is 41.0 Å². The van der Waals surface area contributed by atoms with Crippen LogP contribution in [0.2, 0.25) is 0 Å². The van der Waals surface area contributed by atoms with Crippen LogP contribution in [0.4, 0.5) is 5.13 Å². The first-order valence-electron chi connectivity index (χ1n) is 9.15. The van der Waals surface area contributed by atoms with Crippen LogP contribution in [0.3, 0.4) is 0 Å². The third-order valence-electron chi connectivity index (χ3n) is 4.91. The van der Waals surface area contributed by atoms with Gasteiger partial charge in [0.2, 0.25) is 0 Å². The number of nitrogens with zero attached hydrogens (tertiary/aromatic N) is 3. The number of aromatic nitrogens is 2. The number of aliphatic hydroxyl groups excluding tert-OH is 1. The van der Waals surface area contributed by atoms with Gasteiger partial charge < -0.3 is 14.6 Å². The van der Waals surface area contributed by atoms with Crippen LogP contribution < -0.4 is 14.4 Å². The molecule has 2 aliphatic rings. The molecule has 30 heavy (non-hydrogen) atoms. The first kappa shape index (κ1) is 18.3. The number of hydrogen-bond acceptors (Lipinski definition) is 8. The van der Waals surface area contributed by atoms with Crippen molar-refractivity contribution in [3.63, 3.8) is 0 Å². The third-order valence-corrected chi connectivity index (χ3v) is 5.68. The van der Waals surface area contributed by atoms with Crippen molar-refractivity contribution >= 4 is 33.9 Å². The maximum atomic E-state index is 13.0. The van der Waals surface area contributed by atoms with Crippen LogP contribution in [0.25, 0.3) is 5.76 Å². The first-order chi connectivity index (χ1) is 14.6. The molecule has 1 atom stereocenters. The molecular formula is C21H15N3O5S. The second kappa shape index (κ2) is 7.27.